The van der Waals surface area contributed by atoms with Gasteiger partial charge in [0.2, 0.25) is 0 Å². The molecule has 78 valence electrons. The molecule has 1 heterocycles. The number of thiazole rings is 1. The summed E-state index contributed by atoms with van der Waals surface area (Å²) >= 11 is 1.49. The van der Waals surface area contributed by atoms with Crippen LogP contribution in [0.2, 0.25) is 0 Å². The number of aliphatic hydroxyl groups excluding tert-OH is 1. The maximum atomic E-state index is 10.4. The van der Waals surface area contributed by atoms with Crippen LogP contribution in [0.3, 0.4) is 0 Å². The second kappa shape index (κ2) is 5.07. The topological polar surface area (TPSA) is 70.4 Å². The Morgan fingerprint density at radius 3 is 2.79 bits per heavy atom. The van der Waals surface area contributed by atoms with Gasteiger partial charge in [0.1, 0.15) is 0 Å². The van der Waals surface area contributed by atoms with Crippen molar-refractivity contribution in [3.63, 3.8) is 0 Å². The maximum Gasteiger partial charge on any atom is 0.303 e. The first-order valence-electron chi connectivity index (χ1n) is 4.41. The zero-order chi connectivity index (χ0) is 10.6. The molecule has 0 unspecified atom stereocenters. The number of hydrogen-bond acceptors (Lipinski definition) is 4. The quantitative estimate of drug-likeness (QED) is 0.768. The van der Waals surface area contributed by atoms with Gasteiger partial charge in [-0.15, -0.1) is 11.3 Å². The number of hydrogen-bond donors (Lipinski definition) is 2. The van der Waals surface area contributed by atoms with Gasteiger partial charge in [-0.05, 0) is 13.3 Å². The van der Waals surface area contributed by atoms with Crippen molar-refractivity contribution in [1.29, 1.82) is 0 Å². The molecule has 0 saturated carbocycles. The Hall–Kier alpha value is -0.940. The minimum absolute atomic E-state index is 0.0886. The van der Waals surface area contributed by atoms with E-state index in [0.717, 1.165) is 15.6 Å². The number of aliphatic carboxylic acids is 1. The molecular formula is C9H13NO3S. The Balaban J connectivity index is 2.62. The van der Waals surface area contributed by atoms with Gasteiger partial charge in [-0.1, -0.05) is 0 Å². The number of carbonyl (C=O) groups is 1. The fourth-order valence-corrected chi connectivity index (χ4v) is 2.20. The standard InChI is InChI=1S/C9H13NO3S/c1-6-7(2-3-9(12)13)14-8(10-6)4-5-11/h11H,2-5H2,1H3,(H,12,13). The molecule has 1 aromatic heterocycles. The second-order valence-electron chi connectivity index (χ2n) is 2.98. The molecule has 0 aromatic carbocycles. The summed E-state index contributed by atoms with van der Waals surface area (Å²) in [6.45, 7) is 1.96. The van der Waals surface area contributed by atoms with Crippen LogP contribution in [-0.4, -0.2) is 27.8 Å². The minimum Gasteiger partial charge on any atom is -0.481 e. The molecule has 0 bridgehead atoms. The van der Waals surface area contributed by atoms with E-state index in [4.69, 9.17) is 10.2 Å². The molecule has 4 nitrogen and oxygen atoms in total. The summed E-state index contributed by atoms with van der Waals surface area (Å²) in [7, 11) is 0. The largest absolute Gasteiger partial charge is 0.481 e. The first kappa shape index (κ1) is 11.1. The molecular weight excluding hydrogens is 202 g/mol. The molecule has 0 saturated heterocycles. The van der Waals surface area contributed by atoms with Gasteiger partial charge in [-0.3, -0.25) is 4.79 Å². The molecule has 1 aromatic rings. The van der Waals surface area contributed by atoms with Gasteiger partial charge >= 0.3 is 5.97 Å². The molecule has 0 aliphatic heterocycles. The Kier molecular flexibility index (Phi) is 4.03. The summed E-state index contributed by atoms with van der Waals surface area (Å²) in [5.74, 6) is -0.790. The fourth-order valence-electron chi connectivity index (χ4n) is 1.14. The minimum atomic E-state index is -0.790. The number of carboxylic acids is 1. The van der Waals surface area contributed by atoms with Gasteiger partial charge in [0.15, 0.2) is 0 Å². The van der Waals surface area contributed by atoms with Crippen LogP contribution in [0.4, 0.5) is 0 Å². The van der Waals surface area contributed by atoms with Crippen LogP contribution in [-0.2, 0) is 17.6 Å². The van der Waals surface area contributed by atoms with Crippen LogP contribution >= 0.6 is 11.3 Å². The number of aliphatic hydroxyl groups is 1. The van der Waals surface area contributed by atoms with E-state index in [1.807, 2.05) is 6.92 Å². The lowest BCUT2D eigenvalue weighted by Gasteiger charge is -1.93. The fraction of sp³-hybridized carbons (Fsp3) is 0.556. The van der Waals surface area contributed by atoms with E-state index >= 15 is 0 Å². The third kappa shape index (κ3) is 3.08. The van der Waals surface area contributed by atoms with Crippen molar-refractivity contribution in [2.24, 2.45) is 0 Å². The van der Waals surface area contributed by atoms with Crippen molar-refractivity contribution in [2.45, 2.75) is 26.2 Å². The first-order valence-corrected chi connectivity index (χ1v) is 5.23. The van der Waals surface area contributed by atoms with E-state index in [1.165, 1.54) is 11.3 Å². The number of rotatable bonds is 5. The van der Waals surface area contributed by atoms with Gasteiger partial charge in [0.05, 0.1) is 17.1 Å². The molecule has 5 heteroatoms. The summed E-state index contributed by atoms with van der Waals surface area (Å²) in [4.78, 5) is 15.6. The summed E-state index contributed by atoms with van der Waals surface area (Å²) in [6, 6.07) is 0. The van der Waals surface area contributed by atoms with Crippen molar-refractivity contribution in [2.75, 3.05) is 6.61 Å². The Labute approximate surface area is 86.2 Å². The number of aryl methyl sites for hydroxylation is 2. The highest BCUT2D eigenvalue weighted by Gasteiger charge is 2.08. The summed E-state index contributed by atoms with van der Waals surface area (Å²) in [5.41, 5.74) is 0.889. The SMILES string of the molecule is Cc1nc(CCO)sc1CCC(=O)O. The van der Waals surface area contributed by atoms with Gasteiger partial charge in [-0.25, -0.2) is 4.98 Å². The maximum absolute atomic E-state index is 10.4. The molecule has 0 atom stereocenters. The lowest BCUT2D eigenvalue weighted by molar-refractivity contribution is -0.136. The predicted molar refractivity (Wildman–Crippen MR) is 53.6 cm³/mol. The molecule has 0 radical (unpaired) electrons. The van der Waals surface area contributed by atoms with E-state index < -0.39 is 5.97 Å². The highest BCUT2D eigenvalue weighted by atomic mass is 32.1. The second-order valence-corrected chi connectivity index (χ2v) is 4.15. The lowest BCUT2D eigenvalue weighted by atomic mass is 10.2. The summed E-state index contributed by atoms with van der Waals surface area (Å²) in [5, 5.41) is 18.1. The zero-order valence-corrected chi connectivity index (χ0v) is 8.80. The Bertz CT molecular complexity index is 322. The Morgan fingerprint density at radius 2 is 2.21 bits per heavy atom. The van der Waals surface area contributed by atoms with Crippen LogP contribution in [0, 0.1) is 6.92 Å². The highest BCUT2D eigenvalue weighted by Crippen LogP contribution is 2.19. The van der Waals surface area contributed by atoms with Crippen molar-refractivity contribution >= 4 is 17.3 Å². The van der Waals surface area contributed by atoms with Crippen LogP contribution in [0.5, 0.6) is 0 Å². The average Bonchev–Trinajstić information content (AvgIpc) is 2.44. The van der Waals surface area contributed by atoms with Crippen LogP contribution < -0.4 is 0 Å². The van der Waals surface area contributed by atoms with Crippen molar-refractivity contribution in [1.82, 2.24) is 4.98 Å². The monoisotopic (exact) mass is 215 g/mol. The molecule has 0 aliphatic carbocycles. The van der Waals surface area contributed by atoms with Gasteiger partial charge in [-0.2, -0.15) is 0 Å². The van der Waals surface area contributed by atoms with E-state index in [0.29, 0.717) is 12.8 Å². The highest BCUT2D eigenvalue weighted by molar-refractivity contribution is 7.11. The summed E-state index contributed by atoms with van der Waals surface area (Å²) in [6.07, 6.45) is 1.23. The number of aromatic nitrogens is 1. The summed E-state index contributed by atoms with van der Waals surface area (Å²) < 4.78 is 0. The smallest absolute Gasteiger partial charge is 0.303 e. The number of carboxylic acid groups (broad SMARTS) is 1. The van der Waals surface area contributed by atoms with Crippen molar-refractivity contribution in [3.05, 3.63) is 15.6 Å². The van der Waals surface area contributed by atoms with E-state index in [1.54, 1.807) is 0 Å². The lowest BCUT2D eigenvalue weighted by Crippen LogP contribution is -1.96. The van der Waals surface area contributed by atoms with Crippen LogP contribution in [0.15, 0.2) is 0 Å². The normalized spacial score (nSPS) is 10.4. The molecule has 0 aliphatic rings. The van der Waals surface area contributed by atoms with Gasteiger partial charge in [0.25, 0.3) is 0 Å². The molecule has 0 amide bonds. The Morgan fingerprint density at radius 1 is 1.50 bits per heavy atom. The van der Waals surface area contributed by atoms with E-state index in [-0.39, 0.29) is 13.0 Å². The van der Waals surface area contributed by atoms with E-state index in [9.17, 15) is 4.79 Å². The van der Waals surface area contributed by atoms with Gasteiger partial charge < -0.3 is 10.2 Å². The third-order valence-electron chi connectivity index (χ3n) is 1.83. The average molecular weight is 215 g/mol. The van der Waals surface area contributed by atoms with Crippen molar-refractivity contribution in [3.8, 4) is 0 Å². The van der Waals surface area contributed by atoms with Crippen LogP contribution in [0.25, 0.3) is 0 Å². The molecule has 0 spiro atoms. The molecule has 0 fully saturated rings. The number of nitrogens with zero attached hydrogens (tertiary/aromatic N) is 1. The molecule has 1 rings (SSSR count). The van der Waals surface area contributed by atoms with E-state index in [2.05, 4.69) is 4.98 Å². The third-order valence-corrected chi connectivity index (χ3v) is 3.11. The van der Waals surface area contributed by atoms with Gasteiger partial charge in [0, 0.05) is 17.9 Å². The molecule has 14 heavy (non-hydrogen) atoms. The predicted octanol–water partition coefficient (Wildman–Crippen LogP) is 1.00. The first-order chi connectivity index (χ1) is 6.63. The van der Waals surface area contributed by atoms with Crippen molar-refractivity contribution < 1.29 is 15.0 Å². The zero-order valence-electron chi connectivity index (χ0n) is 7.99. The van der Waals surface area contributed by atoms with Crippen LogP contribution in [0.1, 0.15) is 22.0 Å². The molecule has 2 N–H and O–H groups in total.